The summed E-state index contributed by atoms with van der Waals surface area (Å²) in [5.74, 6) is -0.299. The molecule has 0 unspecified atom stereocenters. The highest BCUT2D eigenvalue weighted by Crippen LogP contribution is 2.35. The molecule has 3 fully saturated rings. The predicted octanol–water partition coefficient (Wildman–Crippen LogP) is 2.44. The number of piperidine rings is 1. The summed E-state index contributed by atoms with van der Waals surface area (Å²) in [6.45, 7) is 8.08. The Morgan fingerprint density at radius 1 is 1.04 bits per heavy atom. The summed E-state index contributed by atoms with van der Waals surface area (Å²) in [5, 5.41) is 3.19. The molecule has 3 rings (SSSR count). The summed E-state index contributed by atoms with van der Waals surface area (Å²) in [4.78, 5) is 26.4. The molecular weight excluding hydrogens is 336 g/mol. The van der Waals surface area contributed by atoms with Gasteiger partial charge in [-0.15, -0.1) is 0 Å². The van der Waals surface area contributed by atoms with Gasteiger partial charge in [-0.25, -0.2) is 4.79 Å². The Morgan fingerprint density at radius 3 is 2.15 bits per heavy atom. The zero-order valence-corrected chi connectivity index (χ0v) is 16.2. The number of rotatable bonds is 2. The minimum atomic E-state index is -0.490. The highest BCUT2D eigenvalue weighted by molar-refractivity contribution is 5.79. The molecule has 2 heterocycles. The van der Waals surface area contributed by atoms with E-state index in [-0.39, 0.29) is 29.7 Å². The van der Waals surface area contributed by atoms with Gasteiger partial charge in [0.25, 0.3) is 0 Å². The minimum Gasteiger partial charge on any atom is -0.444 e. The van der Waals surface area contributed by atoms with Crippen LogP contribution in [0.4, 0.5) is 4.79 Å². The number of hydrogen-bond acceptors (Lipinski definition) is 5. The molecule has 2 aliphatic heterocycles. The quantitative estimate of drug-likeness (QED) is 0.810. The van der Waals surface area contributed by atoms with Gasteiger partial charge in [-0.2, -0.15) is 0 Å². The fraction of sp³-hybridized carbons (Fsp3) is 0.895. The molecule has 7 nitrogen and oxygen atoms in total. The molecule has 26 heavy (non-hydrogen) atoms. The first-order chi connectivity index (χ1) is 12.3. The van der Waals surface area contributed by atoms with Crippen LogP contribution in [0, 0.1) is 5.92 Å². The number of likely N-dealkylation sites (tertiary alicyclic amines) is 1. The van der Waals surface area contributed by atoms with E-state index in [1.807, 2.05) is 20.8 Å². The van der Waals surface area contributed by atoms with E-state index in [2.05, 4.69) is 5.32 Å². The molecule has 7 heteroatoms. The Labute approximate surface area is 155 Å². The molecule has 0 aromatic rings. The Hall–Kier alpha value is -1.34. The van der Waals surface area contributed by atoms with Crippen molar-refractivity contribution in [2.75, 3.05) is 26.3 Å². The van der Waals surface area contributed by atoms with Crippen LogP contribution in [0.5, 0.6) is 0 Å². The molecule has 1 spiro atoms. The molecule has 0 aromatic carbocycles. The third-order valence-electron chi connectivity index (χ3n) is 5.42. The first kappa shape index (κ1) is 19.4. The smallest absolute Gasteiger partial charge is 0.410 e. The van der Waals surface area contributed by atoms with Crippen LogP contribution in [-0.2, 0) is 19.0 Å². The highest BCUT2D eigenvalue weighted by Gasteiger charge is 2.41. The monoisotopic (exact) mass is 368 g/mol. The van der Waals surface area contributed by atoms with E-state index >= 15 is 0 Å². The van der Waals surface area contributed by atoms with Crippen LogP contribution < -0.4 is 5.32 Å². The maximum Gasteiger partial charge on any atom is 0.410 e. The molecule has 148 valence electrons. The molecule has 0 radical (unpaired) electrons. The van der Waals surface area contributed by atoms with Crippen molar-refractivity contribution in [2.45, 2.75) is 76.7 Å². The van der Waals surface area contributed by atoms with E-state index in [4.69, 9.17) is 14.2 Å². The van der Waals surface area contributed by atoms with Crippen molar-refractivity contribution in [3.63, 3.8) is 0 Å². The second-order valence-corrected chi connectivity index (χ2v) is 8.63. The number of nitrogens with one attached hydrogen (secondary N) is 1. The standard InChI is InChI=1S/C19H32N2O5/c1-18(2,3)26-17(23)21-10-6-14(7-11-21)16(22)20-15-4-8-19(9-5-15)24-12-13-25-19/h14-15H,4-13H2,1-3H3,(H,20,22). The van der Waals surface area contributed by atoms with E-state index in [1.54, 1.807) is 4.90 Å². The lowest BCUT2D eigenvalue weighted by molar-refractivity contribution is -0.180. The van der Waals surface area contributed by atoms with Crippen LogP contribution in [0.15, 0.2) is 0 Å². The topological polar surface area (TPSA) is 77.1 Å². The third kappa shape index (κ3) is 4.88. The van der Waals surface area contributed by atoms with E-state index < -0.39 is 5.60 Å². The number of carbonyl (C=O) groups is 2. The lowest BCUT2D eigenvalue weighted by Gasteiger charge is -2.37. The summed E-state index contributed by atoms with van der Waals surface area (Å²) < 4.78 is 16.9. The molecular formula is C19H32N2O5. The van der Waals surface area contributed by atoms with Gasteiger partial charge in [0, 0.05) is 37.9 Å². The van der Waals surface area contributed by atoms with E-state index in [1.165, 1.54) is 0 Å². The molecule has 1 saturated carbocycles. The number of amides is 2. The van der Waals surface area contributed by atoms with Gasteiger partial charge in [0.15, 0.2) is 5.79 Å². The minimum absolute atomic E-state index is 0.0245. The number of carbonyl (C=O) groups excluding carboxylic acids is 2. The average molecular weight is 368 g/mol. The van der Waals surface area contributed by atoms with Gasteiger partial charge in [0.1, 0.15) is 5.60 Å². The summed E-state index contributed by atoms with van der Waals surface area (Å²) >= 11 is 0. The zero-order chi connectivity index (χ0) is 18.8. The van der Waals surface area contributed by atoms with Crippen LogP contribution >= 0.6 is 0 Å². The molecule has 0 bridgehead atoms. The van der Waals surface area contributed by atoms with E-state index in [0.29, 0.717) is 39.1 Å². The zero-order valence-electron chi connectivity index (χ0n) is 16.2. The van der Waals surface area contributed by atoms with Gasteiger partial charge in [0.05, 0.1) is 13.2 Å². The largest absolute Gasteiger partial charge is 0.444 e. The second kappa shape index (κ2) is 7.72. The first-order valence-electron chi connectivity index (χ1n) is 9.83. The fourth-order valence-corrected chi connectivity index (χ4v) is 3.96. The van der Waals surface area contributed by atoms with Crippen LogP contribution in [0.25, 0.3) is 0 Å². The van der Waals surface area contributed by atoms with Gasteiger partial charge >= 0.3 is 6.09 Å². The van der Waals surface area contributed by atoms with Crippen molar-refractivity contribution in [2.24, 2.45) is 5.92 Å². The molecule has 1 aliphatic carbocycles. The maximum atomic E-state index is 12.6. The Kier molecular flexibility index (Phi) is 5.77. The van der Waals surface area contributed by atoms with Crippen molar-refractivity contribution in [1.82, 2.24) is 10.2 Å². The first-order valence-corrected chi connectivity index (χ1v) is 9.83. The van der Waals surface area contributed by atoms with Crippen LogP contribution in [0.1, 0.15) is 59.3 Å². The fourth-order valence-electron chi connectivity index (χ4n) is 3.96. The van der Waals surface area contributed by atoms with Gasteiger partial charge in [-0.1, -0.05) is 0 Å². The Balaban J connectivity index is 1.39. The number of nitrogens with zero attached hydrogens (tertiary/aromatic N) is 1. The van der Waals surface area contributed by atoms with Crippen molar-refractivity contribution in [1.29, 1.82) is 0 Å². The van der Waals surface area contributed by atoms with Crippen molar-refractivity contribution in [3.8, 4) is 0 Å². The Morgan fingerprint density at radius 2 is 1.62 bits per heavy atom. The van der Waals surface area contributed by atoms with Crippen LogP contribution in [0.2, 0.25) is 0 Å². The summed E-state index contributed by atoms with van der Waals surface area (Å²) in [6.07, 6.45) is 4.56. The van der Waals surface area contributed by atoms with Crippen molar-refractivity contribution < 1.29 is 23.8 Å². The van der Waals surface area contributed by atoms with Crippen LogP contribution in [0.3, 0.4) is 0 Å². The molecule has 1 N–H and O–H groups in total. The number of hydrogen-bond donors (Lipinski definition) is 1. The van der Waals surface area contributed by atoms with Gasteiger partial charge < -0.3 is 24.4 Å². The second-order valence-electron chi connectivity index (χ2n) is 8.63. The SMILES string of the molecule is CC(C)(C)OC(=O)N1CCC(C(=O)NC2CCC3(CC2)OCCO3)CC1. The van der Waals surface area contributed by atoms with Gasteiger partial charge in [0.2, 0.25) is 5.91 Å². The Bertz CT molecular complexity index is 507. The lowest BCUT2D eigenvalue weighted by atomic mass is 9.89. The molecule has 0 atom stereocenters. The highest BCUT2D eigenvalue weighted by atomic mass is 16.7. The van der Waals surface area contributed by atoms with Crippen molar-refractivity contribution >= 4 is 12.0 Å². The third-order valence-corrected chi connectivity index (χ3v) is 5.42. The molecule has 2 saturated heterocycles. The summed E-state index contributed by atoms with van der Waals surface area (Å²) in [7, 11) is 0. The van der Waals surface area contributed by atoms with Gasteiger partial charge in [-0.05, 0) is 46.5 Å². The molecule has 2 amide bonds. The predicted molar refractivity (Wildman–Crippen MR) is 95.6 cm³/mol. The van der Waals surface area contributed by atoms with Crippen molar-refractivity contribution in [3.05, 3.63) is 0 Å². The molecule has 3 aliphatic rings. The summed E-state index contributed by atoms with van der Waals surface area (Å²) in [5.41, 5.74) is -0.490. The normalized spacial score (nSPS) is 24.7. The average Bonchev–Trinajstić information content (AvgIpc) is 3.04. The van der Waals surface area contributed by atoms with E-state index in [0.717, 1.165) is 25.7 Å². The molecule has 0 aromatic heterocycles. The number of ether oxygens (including phenoxy) is 3. The lowest BCUT2D eigenvalue weighted by Crippen LogP contribution is -2.48. The van der Waals surface area contributed by atoms with E-state index in [9.17, 15) is 9.59 Å². The summed E-state index contributed by atoms with van der Waals surface area (Å²) in [6, 6.07) is 0.199. The maximum absolute atomic E-state index is 12.6. The van der Waals surface area contributed by atoms with Crippen LogP contribution in [-0.4, -0.2) is 60.6 Å². The van der Waals surface area contributed by atoms with Gasteiger partial charge in [-0.3, -0.25) is 4.79 Å².